The summed E-state index contributed by atoms with van der Waals surface area (Å²) in [5.41, 5.74) is 0.381. The third kappa shape index (κ3) is 2.88. The molecule has 1 aromatic rings. The van der Waals surface area contributed by atoms with E-state index in [1.54, 1.807) is 12.2 Å². The Kier molecular flexibility index (Phi) is 3.52. The van der Waals surface area contributed by atoms with Crippen molar-refractivity contribution in [2.45, 2.75) is 12.8 Å². The van der Waals surface area contributed by atoms with E-state index in [1.807, 2.05) is 0 Å². The van der Waals surface area contributed by atoms with E-state index in [-0.39, 0.29) is 11.4 Å². The number of benzene rings is 1. The Labute approximate surface area is 86.1 Å². The highest BCUT2D eigenvalue weighted by atomic mass is 16.6. The molecule has 15 heavy (non-hydrogen) atoms. The Bertz CT molecular complexity index is 431. The maximum Gasteiger partial charge on any atom is 0.310 e. The predicted octanol–water partition coefficient (Wildman–Crippen LogP) is 1.57. The molecule has 2 N–H and O–H groups in total. The van der Waals surface area contributed by atoms with Gasteiger partial charge in [0.1, 0.15) is 6.11 Å². The number of aliphatic hydroxyl groups is 1. The molecule has 0 aliphatic rings. The zero-order chi connectivity index (χ0) is 11.3. The molecule has 78 valence electrons. The fraction of sp³-hybridized carbons (Fsp3) is 0.200. The van der Waals surface area contributed by atoms with Gasteiger partial charge < -0.3 is 10.2 Å². The number of nitrogens with zero attached hydrogens (tertiary/aromatic N) is 1. The van der Waals surface area contributed by atoms with Gasteiger partial charge in [-0.25, -0.2) is 0 Å². The molecule has 0 unspecified atom stereocenters. The molecule has 0 radical (unpaired) electrons. The molecule has 5 heteroatoms. The minimum Gasteiger partial charge on any atom is -0.502 e. The monoisotopic (exact) mass is 207 g/mol. The van der Waals surface area contributed by atoms with Crippen molar-refractivity contribution in [1.82, 2.24) is 0 Å². The van der Waals surface area contributed by atoms with Gasteiger partial charge in [0, 0.05) is 12.5 Å². The van der Waals surface area contributed by atoms with E-state index < -0.39 is 4.92 Å². The summed E-state index contributed by atoms with van der Waals surface area (Å²) in [6.45, 7) is 0. The van der Waals surface area contributed by atoms with Crippen LogP contribution in [0.1, 0.15) is 12.0 Å². The molecule has 0 saturated carbocycles. The first-order valence-electron chi connectivity index (χ1n) is 4.23. The van der Waals surface area contributed by atoms with Gasteiger partial charge in [-0.3, -0.25) is 10.1 Å². The van der Waals surface area contributed by atoms with E-state index >= 15 is 0 Å². The standard InChI is InChI=1S/C10H9NO4/c12-6-2-1-3-8-4-5-10(13)9(7-8)11(14)15/h4-5,7,12-13H,1,3H2. The number of phenols is 1. The van der Waals surface area contributed by atoms with Crippen LogP contribution >= 0.6 is 0 Å². The van der Waals surface area contributed by atoms with Crippen molar-refractivity contribution in [1.29, 1.82) is 0 Å². The van der Waals surface area contributed by atoms with Crippen molar-refractivity contribution >= 4 is 5.69 Å². The average Bonchev–Trinajstić information content (AvgIpc) is 2.20. The molecule has 0 saturated heterocycles. The summed E-state index contributed by atoms with van der Waals surface area (Å²) in [6.07, 6.45) is 2.66. The second kappa shape index (κ2) is 4.86. The predicted molar refractivity (Wildman–Crippen MR) is 52.8 cm³/mol. The van der Waals surface area contributed by atoms with Gasteiger partial charge in [-0.05, 0) is 18.1 Å². The first kappa shape index (κ1) is 10.9. The number of nitro benzene ring substituents is 1. The first-order chi connectivity index (χ1) is 7.15. The Morgan fingerprint density at radius 1 is 1.47 bits per heavy atom. The molecular weight excluding hydrogens is 198 g/mol. The highest BCUT2D eigenvalue weighted by Crippen LogP contribution is 2.26. The van der Waals surface area contributed by atoms with Gasteiger partial charge in [0.05, 0.1) is 4.92 Å². The van der Waals surface area contributed by atoms with E-state index in [4.69, 9.17) is 10.2 Å². The van der Waals surface area contributed by atoms with Gasteiger partial charge >= 0.3 is 5.69 Å². The van der Waals surface area contributed by atoms with Crippen molar-refractivity contribution in [2.75, 3.05) is 0 Å². The quantitative estimate of drug-likeness (QED) is 0.447. The topological polar surface area (TPSA) is 83.6 Å². The molecule has 0 heterocycles. The molecular formula is C10H9NO4. The van der Waals surface area contributed by atoms with E-state index in [9.17, 15) is 10.1 Å². The van der Waals surface area contributed by atoms with Gasteiger partial charge in [-0.2, -0.15) is 0 Å². The van der Waals surface area contributed by atoms with Gasteiger partial charge in [-0.1, -0.05) is 12.0 Å². The lowest BCUT2D eigenvalue weighted by Gasteiger charge is -1.99. The van der Waals surface area contributed by atoms with Crippen LogP contribution in [0.4, 0.5) is 5.69 Å². The summed E-state index contributed by atoms with van der Waals surface area (Å²) in [6, 6.07) is 4.16. The number of rotatable bonds is 3. The lowest BCUT2D eigenvalue weighted by Crippen LogP contribution is -1.91. The number of hydrogen-bond donors (Lipinski definition) is 2. The van der Waals surface area contributed by atoms with Crippen LogP contribution in [-0.2, 0) is 6.42 Å². The Balaban J connectivity index is 2.86. The van der Waals surface area contributed by atoms with Crippen LogP contribution in [0, 0.1) is 22.1 Å². The number of phenolic OH excluding ortho intramolecular Hbond substituents is 1. The number of aryl methyl sites for hydroxylation is 1. The van der Waals surface area contributed by atoms with Crippen molar-refractivity contribution in [3.8, 4) is 17.8 Å². The summed E-state index contributed by atoms with van der Waals surface area (Å²) >= 11 is 0. The summed E-state index contributed by atoms with van der Waals surface area (Å²) in [5, 5.41) is 27.9. The van der Waals surface area contributed by atoms with Crippen LogP contribution < -0.4 is 0 Å². The summed E-state index contributed by atoms with van der Waals surface area (Å²) in [4.78, 5) is 9.84. The van der Waals surface area contributed by atoms with Crippen LogP contribution in [0.5, 0.6) is 5.75 Å². The Hall–Kier alpha value is -2.22. The average molecular weight is 207 g/mol. The van der Waals surface area contributed by atoms with Crippen molar-refractivity contribution in [3.63, 3.8) is 0 Å². The van der Waals surface area contributed by atoms with Crippen LogP contribution in [-0.4, -0.2) is 15.1 Å². The van der Waals surface area contributed by atoms with Crippen molar-refractivity contribution in [3.05, 3.63) is 33.9 Å². The zero-order valence-electron chi connectivity index (χ0n) is 7.80. The lowest BCUT2D eigenvalue weighted by atomic mass is 10.1. The van der Waals surface area contributed by atoms with E-state index in [0.717, 1.165) is 0 Å². The van der Waals surface area contributed by atoms with Gasteiger partial charge in [0.15, 0.2) is 5.75 Å². The van der Waals surface area contributed by atoms with Crippen molar-refractivity contribution < 1.29 is 15.1 Å². The second-order valence-corrected chi connectivity index (χ2v) is 2.87. The molecule has 0 bridgehead atoms. The minimum absolute atomic E-state index is 0.315. The molecule has 0 aromatic heterocycles. The number of hydrogen-bond acceptors (Lipinski definition) is 4. The van der Waals surface area contributed by atoms with Crippen molar-refractivity contribution in [2.24, 2.45) is 0 Å². The summed E-state index contributed by atoms with van der Waals surface area (Å²) in [7, 11) is 0. The fourth-order valence-corrected chi connectivity index (χ4v) is 1.13. The van der Waals surface area contributed by atoms with Gasteiger partial charge in [-0.15, -0.1) is 0 Å². The molecule has 0 atom stereocenters. The SMILES string of the molecule is O=[N+]([O-])c1cc(CCC#CO)ccc1O. The van der Waals surface area contributed by atoms with E-state index in [1.165, 1.54) is 12.1 Å². The minimum atomic E-state index is -0.642. The zero-order valence-corrected chi connectivity index (χ0v) is 7.80. The Morgan fingerprint density at radius 2 is 2.20 bits per heavy atom. The number of aliphatic hydroxyl groups excluding tert-OH is 1. The second-order valence-electron chi connectivity index (χ2n) is 2.87. The van der Waals surface area contributed by atoms with Gasteiger partial charge in [0.2, 0.25) is 0 Å². The first-order valence-corrected chi connectivity index (χ1v) is 4.23. The van der Waals surface area contributed by atoms with Gasteiger partial charge in [0.25, 0.3) is 0 Å². The molecule has 0 amide bonds. The third-order valence-corrected chi connectivity index (χ3v) is 1.85. The molecule has 0 fully saturated rings. The third-order valence-electron chi connectivity index (χ3n) is 1.85. The summed E-state index contributed by atoms with van der Waals surface area (Å²) in [5.74, 6) is 2.08. The largest absolute Gasteiger partial charge is 0.502 e. The molecule has 0 aliphatic heterocycles. The van der Waals surface area contributed by atoms with Crippen LogP contribution in [0.25, 0.3) is 0 Å². The molecule has 0 spiro atoms. The highest BCUT2D eigenvalue weighted by molar-refractivity contribution is 5.47. The van der Waals surface area contributed by atoms with Crippen LogP contribution in [0.2, 0.25) is 0 Å². The Morgan fingerprint density at radius 3 is 2.80 bits per heavy atom. The smallest absolute Gasteiger partial charge is 0.310 e. The molecule has 1 aromatic carbocycles. The van der Waals surface area contributed by atoms with E-state index in [2.05, 4.69) is 5.92 Å². The van der Waals surface area contributed by atoms with Crippen LogP contribution in [0.15, 0.2) is 18.2 Å². The molecule has 0 aliphatic carbocycles. The fourth-order valence-electron chi connectivity index (χ4n) is 1.13. The lowest BCUT2D eigenvalue weighted by molar-refractivity contribution is -0.385. The molecule has 1 rings (SSSR count). The maximum atomic E-state index is 10.5. The highest BCUT2D eigenvalue weighted by Gasteiger charge is 2.12. The molecule has 5 nitrogen and oxygen atoms in total. The number of nitro groups is 1. The van der Waals surface area contributed by atoms with Crippen LogP contribution in [0.3, 0.4) is 0 Å². The normalized spacial score (nSPS) is 9.07. The maximum absolute atomic E-state index is 10.5. The van der Waals surface area contributed by atoms with E-state index in [0.29, 0.717) is 18.4 Å². The summed E-state index contributed by atoms with van der Waals surface area (Å²) < 4.78 is 0. The number of aromatic hydroxyl groups is 1.